The third-order valence-corrected chi connectivity index (χ3v) is 11.4. The van der Waals surface area contributed by atoms with E-state index >= 15 is 4.79 Å². The normalized spacial score (nSPS) is 26.9. The van der Waals surface area contributed by atoms with Gasteiger partial charge in [0.1, 0.15) is 11.6 Å². The molecule has 4 aliphatic rings. The van der Waals surface area contributed by atoms with E-state index in [2.05, 4.69) is 5.43 Å². The van der Waals surface area contributed by atoms with Gasteiger partial charge in [-0.15, -0.1) is 0 Å². The van der Waals surface area contributed by atoms with E-state index in [1.807, 2.05) is 6.08 Å². The first-order valence-corrected chi connectivity index (χ1v) is 17.6. The molecule has 0 radical (unpaired) electrons. The van der Waals surface area contributed by atoms with Crippen molar-refractivity contribution in [2.45, 2.75) is 49.9 Å². The highest BCUT2D eigenvalue weighted by atomic mass is 35.5. The SMILES string of the molecule is O=C(O)CCCCCN1C(=O)C2CC=C3C(CC4C(=O)N(Nc5ccc(F)cc5)C(=O)C4(c4ccc(Cl)cc4)C3c3cc(Cl)ccc3O)C2C1=O. The maximum Gasteiger partial charge on any atom is 0.303 e. The topological polar surface area (TPSA) is 144 Å². The second kappa shape index (κ2) is 13.4. The number of hydrogen-bond donors (Lipinski definition) is 3. The Morgan fingerprint density at radius 2 is 1.59 bits per heavy atom. The summed E-state index contributed by atoms with van der Waals surface area (Å²) in [5, 5.41) is 22.0. The molecule has 2 saturated heterocycles. The van der Waals surface area contributed by atoms with Gasteiger partial charge in [-0.25, -0.2) is 4.39 Å². The lowest BCUT2D eigenvalue weighted by molar-refractivity contribution is -0.141. The van der Waals surface area contributed by atoms with E-state index in [1.165, 1.54) is 41.3 Å². The summed E-state index contributed by atoms with van der Waals surface area (Å²) >= 11 is 12.8. The second-order valence-electron chi connectivity index (χ2n) is 13.6. The number of hydrazine groups is 1. The molecule has 6 atom stereocenters. The van der Waals surface area contributed by atoms with Crippen molar-refractivity contribution in [3.8, 4) is 5.75 Å². The summed E-state index contributed by atoms with van der Waals surface area (Å²) in [5.41, 5.74) is 2.92. The summed E-state index contributed by atoms with van der Waals surface area (Å²) < 4.78 is 13.8. The number of anilines is 1. The molecule has 6 unspecified atom stereocenters. The Balaban J connectivity index is 1.35. The summed E-state index contributed by atoms with van der Waals surface area (Å²) in [5.74, 6) is -7.67. The maximum absolute atomic E-state index is 15.1. The minimum atomic E-state index is -1.65. The molecule has 3 aromatic carbocycles. The molecule has 0 aromatic heterocycles. The van der Waals surface area contributed by atoms with Gasteiger partial charge >= 0.3 is 5.97 Å². The van der Waals surface area contributed by atoms with Crippen LogP contribution in [0.1, 0.15) is 55.6 Å². The Morgan fingerprint density at radius 3 is 2.29 bits per heavy atom. The van der Waals surface area contributed by atoms with Crippen LogP contribution in [0.2, 0.25) is 10.0 Å². The van der Waals surface area contributed by atoms with Crippen LogP contribution < -0.4 is 5.43 Å². The van der Waals surface area contributed by atoms with Crippen LogP contribution >= 0.6 is 23.2 Å². The Bertz CT molecular complexity index is 1970. The monoisotopic (exact) mass is 733 g/mol. The number of unbranched alkanes of at least 4 members (excludes halogenated alkanes) is 2. The molecule has 3 aromatic rings. The molecular weight excluding hydrogens is 700 g/mol. The molecule has 13 heteroatoms. The third-order valence-electron chi connectivity index (χ3n) is 10.9. The molecule has 0 bridgehead atoms. The fraction of sp³-hybridized carbons (Fsp3) is 0.342. The van der Waals surface area contributed by atoms with Crippen LogP contribution in [-0.4, -0.2) is 56.3 Å². The first-order valence-electron chi connectivity index (χ1n) is 16.9. The number of phenols is 1. The Labute approximate surface area is 302 Å². The number of phenolic OH excluding ortho intramolecular Hbond substituents is 1. The molecular formula is C38H34Cl2FN3O7. The number of imide groups is 2. The van der Waals surface area contributed by atoms with E-state index < -0.39 is 58.6 Å². The number of likely N-dealkylation sites (tertiary alicyclic amines) is 1. The van der Waals surface area contributed by atoms with Crippen molar-refractivity contribution in [1.29, 1.82) is 0 Å². The van der Waals surface area contributed by atoms with Crippen LogP contribution in [0.25, 0.3) is 0 Å². The Morgan fingerprint density at radius 1 is 0.882 bits per heavy atom. The van der Waals surface area contributed by atoms with Gasteiger partial charge in [0, 0.05) is 34.5 Å². The predicted molar refractivity (Wildman–Crippen MR) is 185 cm³/mol. The standard InChI is InChI=1S/C38H34Cl2FN3O7/c39-21-7-5-20(6-8-21)38-29(35(49)44(37(38)51)42-24-12-10-23(41)11-13-24)19-27-25(33(38)28-18-22(40)9-16-30(28)45)14-15-26-32(27)36(50)43(34(26)48)17-3-1-2-4-31(46)47/h5-14,16,18,26-27,29,32-33,42,45H,1-4,15,17,19H2,(H,46,47). The molecule has 4 amide bonds. The van der Waals surface area contributed by atoms with Gasteiger partial charge in [-0.1, -0.05) is 53.4 Å². The van der Waals surface area contributed by atoms with E-state index in [9.17, 15) is 28.7 Å². The molecule has 7 rings (SSSR count). The molecule has 0 spiro atoms. The molecule has 2 aliphatic carbocycles. The lowest BCUT2D eigenvalue weighted by Gasteiger charge is -2.50. The van der Waals surface area contributed by atoms with Gasteiger partial charge in [0.25, 0.3) is 11.8 Å². The molecule has 10 nitrogen and oxygen atoms in total. The number of fused-ring (bicyclic) bond motifs is 4. The van der Waals surface area contributed by atoms with Gasteiger partial charge in [0.2, 0.25) is 11.8 Å². The number of aliphatic carboxylic acids is 1. The summed E-state index contributed by atoms with van der Waals surface area (Å²) in [6.45, 7) is 0.149. The number of carboxylic acids is 1. The average Bonchev–Trinajstić information content (AvgIpc) is 3.47. The van der Waals surface area contributed by atoms with Gasteiger partial charge < -0.3 is 10.2 Å². The Hall–Kier alpha value is -4.74. The van der Waals surface area contributed by atoms with Crippen LogP contribution in [0.15, 0.2) is 78.4 Å². The van der Waals surface area contributed by atoms with Gasteiger partial charge in [0.05, 0.1) is 28.9 Å². The molecule has 3 N–H and O–H groups in total. The minimum Gasteiger partial charge on any atom is -0.508 e. The van der Waals surface area contributed by atoms with Gasteiger partial charge in [0.15, 0.2) is 0 Å². The summed E-state index contributed by atoms with van der Waals surface area (Å²) in [6, 6.07) is 16.3. The molecule has 3 fully saturated rings. The zero-order chi connectivity index (χ0) is 36.2. The number of carbonyl (C=O) groups is 5. The van der Waals surface area contributed by atoms with Crippen molar-refractivity contribution >= 4 is 58.5 Å². The maximum atomic E-state index is 15.1. The minimum absolute atomic E-state index is 0.00320. The number of carbonyl (C=O) groups excluding carboxylic acids is 4. The number of aromatic hydroxyl groups is 1. The lowest BCUT2D eigenvalue weighted by atomic mass is 9.49. The molecule has 264 valence electrons. The summed E-state index contributed by atoms with van der Waals surface area (Å²) in [7, 11) is 0. The van der Waals surface area contributed by atoms with Crippen LogP contribution in [0.5, 0.6) is 5.75 Å². The van der Waals surface area contributed by atoms with Crippen molar-refractivity contribution in [3.05, 3.63) is 105 Å². The van der Waals surface area contributed by atoms with Gasteiger partial charge in [-0.2, -0.15) is 5.01 Å². The number of nitrogens with one attached hydrogen (secondary N) is 1. The fourth-order valence-electron chi connectivity index (χ4n) is 8.76. The second-order valence-corrected chi connectivity index (χ2v) is 14.5. The zero-order valence-corrected chi connectivity index (χ0v) is 28.7. The van der Waals surface area contributed by atoms with Crippen LogP contribution in [0.4, 0.5) is 10.1 Å². The fourth-order valence-corrected chi connectivity index (χ4v) is 9.07. The quantitative estimate of drug-likeness (QED) is 0.122. The number of carboxylic acid groups (broad SMARTS) is 1. The largest absolute Gasteiger partial charge is 0.508 e. The summed E-state index contributed by atoms with van der Waals surface area (Å²) in [6.07, 6.45) is 3.52. The van der Waals surface area contributed by atoms with Crippen LogP contribution in [0, 0.1) is 29.5 Å². The zero-order valence-electron chi connectivity index (χ0n) is 27.2. The highest BCUT2D eigenvalue weighted by molar-refractivity contribution is 6.31. The summed E-state index contributed by atoms with van der Waals surface area (Å²) in [4.78, 5) is 69.9. The average molecular weight is 735 g/mol. The lowest BCUT2D eigenvalue weighted by Crippen LogP contribution is -2.53. The van der Waals surface area contributed by atoms with Gasteiger partial charge in [-0.3, -0.25) is 34.3 Å². The molecule has 2 heterocycles. The molecule has 2 aliphatic heterocycles. The number of halogens is 3. The van der Waals surface area contributed by atoms with Crippen molar-refractivity contribution in [2.24, 2.45) is 23.7 Å². The molecule has 1 saturated carbocycles. The van der Waals surface area contributed by atoms with E-state index in [4.69, 9.17) is 28.3 Å². The van der Waals surface area contributed by atoms with E-state index in [-0.39, 0.29) is 59.6 Å². The van der Waals surface area contributed by atoms with E-state index in [0.717, 1.165) is 5.01 Å². The van der Waals surface area contributed by atoms with Gasteiger partial charge in [-0.05, 0) is 91.8 Å². The molecule has 51 heavy (non-hydrogen) atoms. The van der Waals surface area contributed by atoms with Crippen molar-refractivity contribution in [1.82, 2.24) is 9.91 Å². The van der Waals surface area contributed by atoms with Crippen molar-refractivity contribution < 1.29 is 38.6 Å². The highest BCUT2D eigenvalue weighted by Crippen LogP contribution is 2.65. The van der Waals surface area contributed by atoms with Crippen molar-refractivity contribution in [2.75, 3.05) is 12.0 Å². The Kier molecular flexibility index (Phi) is 9.14. The highest BCUT2D eigenvalue weighted by Gasteiger charge is 2.70. The number of allylic oxidation sites excluding steroid dienone is 2. The smallest absolute Gasteiger partial charge is 0.303 e. The number of hydrogen-bond acceptors (Lipinski definition) is 7. The van der Waals surface area contributed by atoms with E-state index in [0.29, 0.717) is 35.4 Å². The number of rotatable bonds is 10. The first kappa shape index (κ1) is 34.7. The first-order chi connectivity index (χ1) is 24.4. The van der Waals surface area contributed by atoms with E-state index in [1.54, 1.807) is 30.3 Å². The van der Waals surface area contributed by atoms with Crippen LogP contribution in [-0.2, 0) is 29.4 Å². The number of amides is 4. The number of benzene rings is 3. The number of nitrogens with zero attached hydrogens (tertiary/aromatic N) is 2. The van der Waals surface area contributed by atoms with Crippen molar-refractivity contribution in [3.63, 3.8) is 0 Å². The van der Waals surface area contributed by atoms with Crippen LogP contribution in [0.3, 0.4) is 0 Å². The third kappa shape index (κ3) is 5.76. The predicted octanol–water partition coefficient (Wildman–Crippen LogP) is 6.47.